The summed E-state index contributed by atoms with van der Waals surface area (Å²) in [6.45, 7) is 0. The van der Waals surface area contributed by atoms with Gasteiger partial charge in [-0.3, -0.25) is 0 Å². The van der Waals surface area contributed by atoms with Gasteiger partial charge < -0.3 is 0 Å². The van der Waals surface area contributed by atoms with E-state index in [4.69, 9.17) is 0 Å². The quantitative estimate of drug-likeness (QED) is 0.331. The smallest absolute Gasteiger partial charge is 0.171 e. The average Bonchev–Trinajstić information content (AvgIpc) is 2.22. The first-order valence-electron chi connectivity index (χ1n) is 5.82. The monoisotopic (exact) mass is 375 g/mol. The van der Waals surface area contributed by atoms with E-state index in [1.165, 1.54) is 0 Å². The van der Waals surface area contributed by atoms with Crippen LogP contribution in [0.25, 0.3) is 0 Å². The molecule has 0 spiro atoms. The summed E-state index contributed by atoms with van der Waals surface area (Å²) >= 11 is 0. The second-order valence-electron chi connectivity index (χ2n) is 4.25. The Morgan fingerprint density at radius 2 is 1.00 bits per heavy atom. The molecule has 21 heavy (non-hydrogen) atoms. The minimum absolute atomic E-state index is 0.189. The highest BCUT2D eigenvalue weighted by Gasteiger charge is 2.32. The molecule has 0 unspecified atom stereocenters. The topological polar surface area (TPSA) is 0 Å². The summed E-state index contributed by atoms with van der Waals surface area (Å²) in [6, 6.07) is -0.933. The van der Waals surface area contributed by atoms with E-state index in [1.54, 1.807) is 0 Å². The van der Waals surface area contributed by atoms with Crippen LogP contribution in [0, 0.1) is 0 Å². The summed E-state index contributed by atoms with van der Waals surface area (Å²) in [5, 5.41) is 0. The van der Waals surface area contributed by atoms with Crippen molar-refractivity contribution < 1.29 is 39.5 Å². The first-order valence-corrected chi connectivity index (χ1v) is 11.9. The number of hydrogen-bond acceptors (Lipinski definition) is 0. The number of halogens is 9. The third-order valence-corrected chi connectivity index (χ3v) is 13.6. The first-order chi connectivity index (χ1) is 9.29. The molecule has 0 aliphatic rings. The van der Waals surface area contributed by atoms with Crippen molar-refractivity contribution in [1.29, 1.82) is 0 Å². The number of rotatable bonds is 8. The Balaban J connectivity index is 4.18. The molecule has 0 fully saturated rings. The van der Waals surface area contributed by atoms with Crippen LogP contribution in [-0.4, -0.2) is 44.4 Å². The molecule has 0 amide bonds. The van der Waals surface area contributed by atoms with E-state index in [2.05, 4.69) is 0 Å². The molecule has 0 rings (SSSR count). The molecule has 0 aromatic carbocycles. The van der Waals surface area contributed by atoms with E-state index in [9.17, 15) is 39.5 Å². The molecule has 12 heteroatoms. The number of alkyl halides is 9. The molecule has 0 atom stereocenters. The zero-order chi connectivity index (χ0) is 16.7. The van der Waals surface area contributed by atoms with Gasteiger partial charge in [0.05, 0.1) is 0 Å². The van der Waals surface area contributed by atoms with E-state index in [0.29, 0.717) is 0 Å². The molecule has 0 aromatic rings. The van der Waals surface area contributed by atoms with Crippen LogP contribution in [0.1, 0.15) is 19.3 Å². The van der Waals surface area contributed by atoms with Crippen LogP contribution in [0.3, 0.4) is 0 Å². The van der Waals surface area contributed by atoms with Gasteiger partial charge >= 0.3 is 18.5 Å². The normalized spacial score (nSPS) is 14.0. The predicted octanol–water partition coefficient (Wildman–Crippen LogP) is 4.58. The first kappa shape index (κ1) is 21.0. The van der Waals surface area contributed by atoms with Gasteiger partial charge in [0.15, 0.2) is 0 Å². The van der Waals surface area contributed by atoms with Gasteiger partial charge in [0, 0.05) is 45.2 Å². The van der Waals surface area contributed by atoms with Crippen LogP contribution in [0.4, 0.5) is 39.5 Å². The molecule has 0 bridgehead atoms. The standard InChI is InChI=1S/C9H12F9Si3/c10-7(11,12)1-4-19-20-21(5-2-8(13,14)15)6-3-9(16,17)18/h1-6H2. The van der Waals surface area contributed by atoms with Crippen LogP contribution in [0.2, 0.25) is 18.1 Å². The van der Waals surface area contributed by atoms with Gasteiger partial charge in [0.2, 0.25) is 0 Å². The van der Waals surface area contributed by atoms with Crippen LogP contribution in [0.15, 0.2) is 0 Å². The van der Waals surface area contributed by atoms with Crippen LogP contribution >= 0.6 is 0 Å². The van der Waals surface area contributed by atoms with Crippen molar-refractivity contribution in [2.45, 2.75) is 55.9 Å². The van der Waals surface area contributed by atoms with Crippen molar-refractivity contribution in [2.24, 2.45) is 0 Å². The lowest BCUT2D eigenvalue weighted by molar-refractivity contribution is -0.132. The lowest BCUT2D eigenvalue weighted by Crippen LogP contribution is -2.30. The summed E-state index contributed by atoms with van der Waals surface area (Å²) in [7, 11) is -2.29. The zero-order valence-electron chi connectivity index (χ0n) is 10.6. The highest BCUT2D eigenvalue weighted by atomic mass is 29.5. The van der Waals surface area contributed by atoms with Gasteiger partial charge in [0.1, 0.15) is 0 Å². The van der Waals surface area contributed by atoms with Gasteiger partial charge in [-0.25, -0.2) is 0 Å². The highest BCUT2D eigenvalue weighted by molar-refractivity contribution is 7.35. The fourth-order valence-electron chi connectivity index (χ4n) is 1.23. The molecular weight excluding hydrogens is 363 g/mol. The van der Waals surface area contributed by atoms with E-state index in [-0.39, 0.29) is 35.7 Å². The maximum atomic E-state index is 12.1. The van der Waals surface area contributed by atoms with Crippen LogP contribution in [0.5, 0.6) is 0 Å². The predicted molar refractivity (Wildman–Crippen MR) is 63.7 cm³/mol. The second kappa shape index (κ2) is 8.60. The van der Waals surface area contributed by atoms with Crippen LogP contribution in [-0.2, 0) is 0 Å². The third-order valence-electron chi connectivity index (χ3n) is 2.22. The van der Waals surface area contributed by atoms with Gasteiger partial charge in [0.25, 0.3) is 0 Å². The van der Waals surface area contributed by atoms with Crippen molar-refractivity contribution in [1.82, 2.24) is 0 Å². The van der Waals surface area contributed by atoms with Crippen molar-refractivity contribution in [3.63, 3.8) is 0 Å². The molecule has 0 aliphatic heterocycles. The summed E-state index contributed by atoms with van der Waals surface area (Å²) in [4.78, 5) is 0. The van der Waals surface area contributed by atoms with E-state index in [1.807, 2.05) is 0 Å². The Labute approximate surface area is 122 Å². The fourth-order valence-corrected chi connectivity index (χ4v) is 12.3. The average molecular weight is 375 g/mol. The molecule has 0 saturated carbocycles. The van der Waals surface area contributed by atoms with Gasteiger partial charge in [-0.05, 0) is 0 Å². The lowest BCUT2D eigenvalue weighted by Gasteiger charge is -2.16. The highest BCUT2D eigenvalue weighted by Crippen LogP contribution is 2.27. The Hall–Kier alpha value is 0.0206. The lowest BCUT2D eigenvalue weighted by atomic mass is 10.5. The molecule has 0 aliphatic carbocycles. The van der Waals surface area contributed by atoms with Gasteiger partial charge in [-0.1, -0.05) is 18.1 Å². The second-order valence-corrected chi connectivity index (χ2v) is 13.7. The van der Waals surface area contributed by atoms with Crippen LogP contribution < -0.4 is 0 Å². The van der Waals surface area contributed by atoms with Gasteiger partial charge in [-0.2, -0.15) is 39.5 Å². The third kappa shape index (κ3) is 16.2. The number of hydrogen-bond donors (Lipinski definition) is 0. The summed E-state index contributed by atoms with van der Waals surface area (Å²) in [5.74, 6) is 0. The molecule has 0 aromatic heterocycles. The minimum Gasteiger partial charge on any atom is -0.171 e. The maximum Gasteiger partial charge on any atom is 0.388 e. The zero-order valence-corrected chi connectivity index (χ0v) is 13.6. The molecule has 123 valence electrons. The fraction of sp³-hybridized carbons (Fsp3) is 1.00. The Morgan fingerprint density at radius 3 is 1.33 bits per heavy atom. The molecule has 5 radical (unpaired) electrons. The minimum atomic E-state index is -4.44. The summed E-state index contributed by atoms with van der Waals surface area (Å²) in [5.41, 5.74) is 0. The summed E-state index contributed by atoms with van der Waals surface area (Å²) < 4.78 is 108. The van der Waals surface area contributed by atoms with Crippen molar-refractivity contribution in [3.05, 3.63) is 0 Å². The molecular formula is C9H12F9Si3. The van der Waals surface area contributed by atoms with E-state index >= 15 is 0 Å². The van der Waals surface area contributed by atoms with Crippen molar-refractivity contribution >= 4 is 25.9 Å². The van der Waals surface area contributed by atoms with Crippen molar-refractivity contribution in [2.75, 3.05) is 0 Å². The molecule has 0 heterocycles. The Kier molecular flexibility index (Phi) is 8.61. The molecule has 0 N–H and O–H groups in total. The van der Waals surface area contributed by atoms with E-state index < -0.39 is 46.1 Å². The SMILES string of the molecule is FC(F)(F)CC[Si][Si][Si](CCC(F)(F)F)CCC(F)(F)F. The van der Waals surface area contributed by atoms with Crippen molar-refractivity contribution in [3.8, 4) is 0 Å². The van der Waals surface area contributed by atoms with E-state index in [0.717, 1.165) is 0 Å². The summed E-state index contributed by atoms with van der Waals surface area (Å²) in [6.07, 6.45) is -16.6. The maximum absolute atomic E-state index is 12.1. The van der Waals surface area contributed by atoms with Gasteiger partial charge in [-0.15, -0.1) is 0 Å². The Bertz CT molecular complexity index is 266. The Morgan fingerprint density at radius 1 is 0.619 bits per heavy atom. The molecule has 0 saturated heterocycles. The molecule has 0 nitrogen and oxygen atoms in total. The largest absolute Gasteiger partial charge is 0.388 e.